The van der Waals surface area contributed by atoms with Crippen molar-refractivity contribution in [2.75, 3.05) is 26.0 Å². The summed E-state index contributed by atoms with van der Waals surface area (Å²) < 4.78 is 14.4. The number of likely N-dealkylation sites (N-methyl/N-ethyl adjacent to an activating group) is 1. The van der Waals surface area contributed by atoms with Crippen molar-refractivity contribution in [2.45, 2.75) is 38.9 Å². The van der Waals surface area contributed by atoms with E-state index < -0.39 is 11.4 Å². The number of anilines is 2. The molecule has 33 heavy (non-hydrogen) atoms. The van der Waals surface area contributed by atoms with Crippen LogP contribution >= 0.6 is 0 Å². The Morgan fingerprint density at radius 1 is 1.24 bits per heavy atom. The summed E-state index contributed by atoms with van der Waals surface area (Å²) in [7, 11) is 3.95. The van der Waals surface area contributed by atoms with Gasteiger partial charge in [0.15, 0.2) is 17.5 Å². The van der Waals surface area contributed by atoms with E-state index in [9.17, 15) is 9.18 Å². The Bertz CT molecular complexity index is 1140. The second-order valence-corrected chi connectivity index (χ2v) is 8.99. The van der Waals surface area contributed by atoms with Crippen molar-refractivity contribution in [2.24, 2.45) is 0 Å². The van der Waals surface area contributed by atoms with E-state index >= 15 is 0 Å². The van der Waals surface area contributed by atoms with Gasteiger partial charge in [0.25, 0.3) is 0 Å². The minimum atomic E-state index is -0.633. The fourth-order valence-corrected chi connectivity index (χ4v) is 4.11. The zero-order valence-electron chi connectivity index (χ0n) is 19.5. The summed E-state index contributed by atoms with van der Waals surface area (Å²) in [5.74, 6) is -0.0404. The summed E-state index contributed by atoms with van der Waals surface area (Å²) in [6.07, 6.45) is 1.30. The highest BCUT2D eigenvalue weighted by atomic mass is 19.1. The highest BCUT2D eigenvalue weighted by molar-refractivity contribution is 5.78. The lowest BCUT2D eigenvalue weighted by Gasteiger charge is -2.34. The number of aromatic nitrogens is 4. The molecule has 3 N–H and O–H groups in total. The molecule has 0 saturated heterocycles. The Kier molecular flexibility index (Phi) is 6.03. The van der Waals surface area contributed by atoms with E-state index in [4.69, 9.17) is 0 Å². The first kappa shape index (κ1) is 22.7. The topological polar surface area (TPSA) is 102 Å². The largest absolute Gasteiger partial charge is 0.330 e. The Hall–Kier alpha value is -3.53. The minimum absolute atomic E-state index is 0.0487. The van der Waals surface area contributed by atoms with Crippen LogP contribution in [0.1, 0.15) is 42.4 Å². The molecule has 9 nitrogen and oxygen atoms in total. The van der Waals surface area contributed by atoms with Crippen molar-refractivity contribution < 1.29 is 9.18 Å². The van der Waals surface area contributed by atoms with Gasteiger partial charge in [0.1, 0.15) is 6.33 Å². The Balaban J connectivity index is 1.56. The lowest BCUT2D eigenvalue weighted by Crippen LogP contribution is -2.48. The van der Waals surface area contributed by atoms with E-state index in [-0.39, 0.29) is 23.6 Å². The van der Waals surface area contributed by atoms with Gasteiger partial charge in [-0.1, -0.05) is 30.3 Å². The van der Waals surface area contributed by atoms with Crippen LogP contribution in [0.2, 0.25) is 0 Å². The Morgan fingerprint density at radius 3 is 2.67 bits per heavy atom. The van der Waals surface area contributed by atoms with Crippen molar-refractivity contribution in [3.8, 4) is 0 Å². The minimum Gasteiger partial charge on any atom is -0.330 e. The van der Waals surface area contributed by atoms with Crippen LogP contribution in [-0.2, 0) is 12.1 Å². The third kappa shape index (κ3) is 4.38. The summed E-state index contributed by atoms with van der Waals surface area (Å²) >= 11 is 0. The number of amides is 2. The van der Waals surface area contributed by atoms with Crippen molar-refractivity contribution >= 4 is 17.7 Å². The highest BCUT2D eigenvalue weighted by Crippen LogP contribution is 2.41. The molecule has 0 spiro atoms. The molecule has 0 fully saturated rings. The van der Waals surface area contributed by atoms with Crippen LogP contribution in [0.25, 0.3) is 0 Å². The number of nitrogens with one attached hydrogen (secondary N) is 3. The number of H-pyrrole nitrogens is 1. The number of nitrogens with zero attached hydrogens (tertiary/aromatic N) is 5. The fourth-order valence-electron chi connectivity index (χ4n) is 4.11. The van der Waals surface area contributed by atoms with Crippen LogP contribution in [0.4, 0.5) is 20.8 Å². The quantitative estimate of drug-likeness (QED) is 0.530. The van der Waals surface area contributed by atoms with Gasteiger partial charge in [0.05, 0.1) is 29.5 Å². The van der Waals surface area contributed by atoms with E-state index in [0.29, 0.717) is 18.9 Å². The first-order valence-corrected chi connectivity index (χ1v) is 10.8. The molecule has 0 saturated carbocycles. The molecule has 0 radical (unpaired) electrons. The van der Waals surface area contributed by atoms with Crippen LogP contribution in [-0.4, -0.2) is 56.6 Å². The fraction of sp³-hybridized carbons (Fsp3) is 0.391. The van der Waals surface area contributed by atoms with E-state index in [2.05, 4.69) is 30.8 Å². The monoisotopic (exact) mass is 452 g/mol. The first-order chi connectivity index (χ1) is 15.7. The number of halogens is 1. The van der Waals surface area contributed by atoms with Crippen molar-refractivity contribution in [1.29, 1.82) is 0 Å². The number of hydrogen-bond donors (Lipinski definition) is 3. The SMILES string of the molecule is Cc1ncnc(Nc2n[nH]c3c2CN(C(=O)N[C@H](CN(C)C)c2ccccc2)C3(C)C)c1F. The van der Waals surface area contributed by atoms with Crippen LogP contribution in [0, 0.1) is 12.7 Å². The zero-order chi connectivity index (χ0) is 23.8. The van der Waals surface area contributed by atoms with Gasteiger partial charge in [-0.15, -0.1) is 0 Å². The number of benzene rings is 1. The number of hydrogen-bond acceptors (Lipinski definition) is 6. The van der Waals surface area contributed by atoms with Crippen LogP contribution in [0.3, 0.4) is 0 Å². The third-order valence-corrected chi connectivity index (χ3v) is 5.96. The third-order valence-electron chi connectivity index (χ3n) is 5.96. The predicted molar refractivity (Wildman–Crippen MR) is 123 cm³/mol. The van der Waals surface area contributed by atoms with E-state index in [1.54, 1.807) is 11.8 Å². The van der Waals surface area contributed by atoms with Crippen molar-refractivity contribution in [3.05, 3.63) is 65.0 Å². The van der Waals surface area contributed by atoms with Gasteiger partial charge in [0, 0.05) is 12.1 Å². The first-order valence-electron chi connectivity index (χ1n) is 10.8. The standard InChI is InChI=1S/C23H29FN8O/c1-14-18(24)21(26-13-25-14)28-20-16-11-32(23(2,3)19(16)29-30-20)22(33)27-17(12-31(4)5)15-9-7-6-8-10-15/h6-10,13,17H,11-12H2,1-5H3,(H,27,33)(H2,25,26,28,29,30)/t17-/m1/s1. The van der Waals surface area contributed by atoms with Gasteiger partial charge in [0.2, 0.25) is 0 Å². The van der Waals surface area contributed by atoms with Gasteiger partial charge in [-0.3, -0.25) is 5.10 Å². The highest BCUT2D eigenvalue weighted by Gasteiger charge is 2.44. The molecule has 0 aliphatic carbocycles. The maximum absolute atomic E-state index is 14.4. The molecule has 0 bridgehead atoms. The number of aromatic amines is 1. The zero-order valence-corrected chi connectivity index (χ0v) is 19.5. The number of aryl methyl sites for hydroxylation is 1. The summed E-state index contributed by atoms with van der Waals surface area (Å²) in [5.41, 5.74) is 2.25. The number of carbonyl (C=O) groups is 1. The molecule has 4 rings (SSSR count). The molecular weight excluding hydrogens is 423 g/mol. The summed E-state index contributed by atoms with van der Waals surface area (Å²) in [4.78, 5) is 25.1. The van der Waals surface area contributed by atoms with Gasteiger partial charge in [-0.05, 0) is 40.4 Å². The maximum Gasteiger partial charge on any atom is 0.319 e. The molecule has 1 atom stereocenters. The molecule has 174 valence electrons. The predicted octanol–water partition coefficient (Wildman–Crippen LogP) is 3.45. The summed E-state index contributed by atoms with van der Waals surface area (Å²) in [6.45, 7) is 6.47. The molecular formula is C23H29FN8O. The number of urea groups is 1. The lowest BCUT2D eigenvalue weighted by atomic mass is 10.0. The van der Waals surface area contributed by atoms with Crippen molar-refractivity contribution in [3.63, 3.8) is 0 Å². The van der Waals surface area contributed by atoms with Gasteiger partial charge < -0.3 is 20.4 Å². The molecule has 1 aromatic carbocycles. The van der Waals surface area contributed by atoms with Gasteiger partial charge in [-0.25, -0.2) is 19.2 Å². The number of rotatable bonds is 6. The molecule has 0 unspecified atom stereocenters. The summed E-state index contributed by atoms with van der Waals surface area (Å²) in [6, 6.07) is 9.55. The van der Waals surface area contributed by atoms with E-state index in [1.807, 2.05) is 63.2 Å². The molecule has 3 aromatic rings. The molecule has 2 aromatic heterocycles. The Labute approximate surface area is 192 Å². The van der Waals surface area contributed by atoms with Gasteiger partial charge in [-0.2, -0.15) is 5.10 Å². The second kappa shape index (κ2) is 8.78. The van der Waals surface area contributed by atoms with Crippen LogP contribution in [0.15, 0.2) is 36.7 Å². The number of fused-ring (bicyclic) bond motifs is 1. The molecule has 10 heteroatoms. The number of carbonyl (C=O) groups excluding carboxylic acids is 1. The molecule has 3 heterocycles. The molecule has 2 amide bonds. The molecule has 1 aliphatic rings. The van der Waals surface area contributed by atoms with Crippen molar-refractivity contribution in [1.82, 2.24) is 35.3 Å². The Morgan fingerprint density at radius 2 is 1.97 bits per heavy atom. The van der Waals surface area contributed by atoms with Crippen LogP contribution in [0.5, 0.6) is 0 Å². The van der Waals surface area contributed by atoms with Crippen LogP contribution < -0.4 is 10.6 Å². The smallest absolute Gasteiger partial charge is 0.319 e. The van der Waals surface area contributed by atoms with E-state index in [0.717, 1.165) is 16.8 Å². The van der Waals surface area contributed by atoms with Gasteiger partial charge >= 0.3 is 6.03 Å². The molecule has 1 aliphatic heterocycles. The normalized spacial score (nSPS) is 15.4. The average Bonchev–Trinajstić information content (AvgIpc) is 3.29. The lowest BCUT2D eigenvalue weighted by molar-refractivity contribution is 0.138. The average molecular weight is 453 g/mol. The maximum atomic E-state index is 14.4. The van der Waals surface area contributed by atoms with E-state index in [1.165, 1.54) is 6.33 Å². The second-order valence-electron chi connectivity index (χ2n) is 8.99. The summed E-state index contributed by atoms with van der Waals surface area (Å²) in [5, 5.41) is 13.5.